The number of amides is 1. The van der Waals surface area contributed by atoms with Gasteiger partial charge >= 0.3 is 0 Å². The fraction of sp³-hybridized carbons (Fsp3) is 0.333. The molecular weight excluding hydrogens is 407 g/mol. The Morgan fingerprint density at radius 3 is 2.60 bits per heavy atom. The molecule has 7 nitrogen and oxygen atoms in total. The molecule has 3 heterocycles. The van der Waals surface area contributed by atoms with Crippen LogP contribution in [0.4, 0.5) is 10.1 Å². The first kappa shape index (κ1) is 20.3. The number of rotatable bonds is 4. The zero-order chi connectivity index (χ0) is 21.5. The molecule has 0 bridgehead atoms. The van der Waals surface area contributed by atoms with Crippen LogP contribution in [0.5, 0.6) is 0 Å². The van der Waals surface area contributed by atoms with Crippen molar-refractivity contribution in [1.29, 1.82) is 0 Å². The second kappa shape index (κ2) is 7.71. The number of pyridine rings is 1. The minimum atomic E-state index is -3.02. The third kappa shape index (κ3) is 4.02. The summed E-state index contributed by atoms with van der Waals surface area (Å²) in [6.45, 7) is 4.48. The average molecular weight is 431 g/mol. The highest BCUT2D eigenvalue weighted by Crippen LogP contribution is 2.23. The molecule has 9 heteroatoms. The number of nitrogens with zero attached hydrogens (tertiary/aromatic N) is 3. The first-order chi connectivity index (χ1) is 14.2. The van der Waals surface area contributed by atoms with Crippen LogP contribution in [0.1, 0.15) is 27.3 Å². The Kier molecular flexibility index (Phi) is 5.23. The van der Waals surface area contributed by atoms with Crippen molar-refractivity contribution in [2.45, 2.75) is 20.4 Å². The zero-order valence-corrected chi connectivity index (χ0v) is 17.7. The Morgan fingerprint density at radius 2 is 1.90 bits per heavy atom. The van der Waals surface area contributed by atoms with Crippen LogP contribution in [-0.2, 0) is 16.4 Å². The van der Waals surface area contributed by atoms with Crippen LogP contribution in [-0.4, -0.2) is 48.3 Å². The molecule has 158 valence electrons. The number of sulfone groups is 1. The predicted molar refractivity (Wildman–Crippen MR) is 113 cm³/mol. The van der Waals surface area contributed by atoms with E-state index < -0.39 is 15.7 Å². The molecule has 0 spiro atoms. The molecule has 1 amide bonds. The molecule has 4 rings (SSSR count). The van der Waals surface area contributed by atoms with E-state index in [0.29, 0.717) is 28.3 Å². The number of anilines is 1. The van der Waals surface area contributed by atoms with Crippen molar-refractivity contribution in [3.05, 3.63) is 64.9 Å². The normalized spacial score (nSPS) is 16.0. The number of hydrogen-bond acceptors (Lipinski definition) is 5. The van der Waals surface area contributed by atoms with E-state index in [1.54, 1.807) is 28.4 Å². The molecule has 1 aromatic carbocycles. The molecule has 1 fully saturated rings. The summed E-state index contributed by atoms with van der Waals surface area (Å²) in [5.74, 6) is -0.651. The summed E-state index contributed by atoms with van der Waals surface area (Å²) >= 11 is 0. The summed E-state index contributed by atoms with van der Waals surface area (Å²) < 4.78 is 39.5. The maximum absolute atomic E-state index is 14.6. The summed E-state index contributed by atoms with van der Waals surface area (Å²) in [5, 5.41) is 2.83. The lowest BCUT2D eigenvalue weighted by Crippen LogP contribution is -2.40. The molecule has 0 aliphatic carbocycles. The topological polar surface area (TPSA) is 83.8 Å². The van der Waals surface area contributed by atoms with Gasteiger partial charge in [0.25, 0.3) is 5.91 Å². The molecule has 1 saturated heterocycles. The molecule has 0 radical (unpaired) electrons. The van der Waals surface area contributed by atoms with Crippen LogP contribution in [0.25, 0.3) is 5.65 Å². The zero-order valence-electron chi connectivity index (χ0n) is 16.9. The molecule has 0 unspecified atom stereocenters. The molecule has 1 aliphatic rings. The van der Waals surface area contributed by atoms with Crippen LogP contribution in [0.15, 0.2) is 36.5 Å². The summed E-state index contributed by atoms with van der Waals surface area (Å²) in [6.07, 6.45) is 1.81. The molecule has 3 aromatic rings. The standard InChI is InChI=1S/C21H23FN4O3S/c1-14-5-6-26-19(11-14)24-15(2)20(26)21(27)23-13-16-3-4-18(17(22)12-16)25-7-9-30(28,29)10-8-25/h3-6,11-12H,7-10,13H2,1-2H3,(H,23,27). The number of benzene rings is 1. The SMILES string of the molecule is Cc1ccn2c(C(=O)NCc3ccc(N4CCS(=O)(=O)CC4)c(F)c3)c(C)nc2c1. The van der Waals surface area contributed by atoms with Crippen LogP contribution >= 0.6 is 0 Å². The van der Waals surface area contributed by atoms with Gasteiger partial charge in [0.05, 0.1) is 22.9 Å². The number of halogens is 1. The molecule has 1 N–H and O–H groups in total. The summed E-state index contributed by atoms with van der Waals surface area (Å²) in [5.41, 5.74) is 3.85. The number of carbonyl (C=O) groups excluding carboxylic acids is 1. The number of fused-ring (bicyclic) bond motifs is 1. The first-order valence-electron chi connectivity index (χ1n) is 9.71. The fourth-order valence-electron chi connectivity index (χ4n) is 3.67. The average Bonchev–Trinajstić information content (AvgIpc) is 3.01. The molecule has 0 atom stereocenters. The first-order valence-corrected chi connectivity index (χ1v) is 11.5. The third-order valence-corrected chi connectivity index (χ3v) is 6.93. The highest BCUT2D eigenvalue weighted by molar-refractivity contribution is 7.91. The van der Waals surface area contributed by atoms with Crippen LogP contribution in [0.3, 0.4) is 0 Å². The van der Waals surface area contributed by atoms with E-state index in [0.717, 1.165) is 5.56 Å². The van der Waals surface area contributed by atoms with E-state index in [4.69, 9.17) is 0 Å². The van der Waals surface area contributed by atoms with E-state index in [1.165, 1.54) is 6.07 Å². The van der Waals surface area contributed by atoms with E-state index in [1.807, 2.05) is 25.3 Å². The monoisotopic (exact) mass is 430 g/mol. The molecule has 0 saturated carbocycles. The van der Waals surface area contributed by atoms with Crippen LogP contribution < -0.4 is 10.2 Å². The minimum absolute atomic E-state index is 0.0302. The minimum Gasteiger partial charge on any atom is -0.367 e. The van der Waals surface area contributed by atoms with Crippen LogP contribution in [0, 0.1) is 19.7 Å². The molecule has 2 aromatic heterocycles. The predicted octanol–water partition coefficient (Wildman–Crippen LogP) is 2.26. The Balaban J connectivity index is 1.46. The Labute approximate surface area is 174 Å². The van der Waals surface area contributed by atoms with Gasteiger partial charge in [-0.3, -0.25) is 9.20 Å². The molecule has 1 aliphatic heterocycles. The van der Waals surface area contributed by atoms with Crippen molar-refractivity contribution in [3.8, 4) is 0 Å². The second-order valence-electron chi connectivity index (χ2n) is 7.59. The van der Waals surface area contributed by atoms with Gasteiger partial charge in [-0.1, -0.05) is 6.07 Å². The van der Waals surface area contributed by atoms with Gasteiger partial charge in [0, 0.05) is 25.8 Å². The van der Waals surface area contributed by atoms with Gasteiger partial charge in [-0.25, -0.2) is 17.8 Å². The number of carbonyl (C=O) groups is 1. The maximum Gasteiger partial charge on any atom is 0.270 e. The number of nitrogens with one attached hydrogen (secondary N) is 1. The van der Waals surface area contributed by atoms with Gasteiger partial charge < -0.3 is 10.2 Å². The Bertz CT molecular complexity index is 1220. The van der Waals surface area contributed by atoms with Crippen molar-refractivity contribution in [2.75, 3.05) is 29.5 Å². The van der Waals surface area contributed by atoms with E-state index >= 15 is 0 Å². The quantitative estimate of drug-likeness (QED) is 0.687. The van der Waals surface area contributed by atoms with E-state index in [2.05, 4.69) is 10.3 Å². The number of hydrogen-bond donors (Lipinski definition) is 1. The summed E-state index contributed by atoms with van der Waals surface area (Å²) in [6, 6.07) is 8.57. The van der Waals surface area contributed by atoms with Gasteiger partial charge in [-0.05, 0) is 49.2 Å². The van der Waals surface area contributed by atoms with Crippen molar-refractivity contribution < 1.29 is 17.6 Å². The lowest BCUT2D eigenvalue weighted by atomic mass is 10.1. The van der Waals surface area contributed by atoms with Crippen molar-refractivity contribution in [2.24, 2.45) is 0 Å². The lowest BCUT2D eigenvalue weighted by molar-refractivity contribution is 0.0944. The van der Waals surface area contributed by atoms with Gasteiger partial charge in [-0.2, -0.15) is 0 Å². The van der Waals surface area contributed by atoms with E-state index in [-0.39, 0.29) is 37.0 Å². The molecule has 30 heavy (non-hydrogen) atoms. The lowest BCUT2D eigenvalue weighted by Gasteiger charge is -2.29. The Morgan fingerprint density at radius 1 is 1.17 bits per heavy atom. The number of aryl methyl sites for hydroxylation is 2. The highest BCUT2D eigenvalue weighted by atomic mass is 32.2. The fourth-order valence-corrected chi connectivity index (χ4v) is 4.88. The van der Waals surface area contributed by atoms with Gasteiger partial charge in [0.2, 0.25) is 0 Å². The number of imidazole rings is 1. The highest BCUT2D eigenvalue weighted by Gasteiger charge is 2.23. The second-order valence-corrected chi connectivity index (χ2v) is 9.89. The largest absolute Gasteiger partial charge is 0.367 e. The smallest absolute Gasteiger partial charge is 0.270 e. The summed E-state index contributed by atoms with van der Waals surface area (Å²) in [7, 11) is -3.02. The molecular formula is C21H23FN4O3S. The van der Waals surface area contributed by atoms with Crippen LogP contribution in [0.2, 0.25) is 0 Å². The van der Waals surface area contributed by atoms with Crippen molar-refractivity contribution in [3.63, 3.8) is 0 Å². The van der Waals surface area contributed by atoms with Gasteiger partial charge in [0.15, 0.2) is 9.84 Å². The van der Waals surface area contributed by atoms with Gasteiger partial charge in [0.1, 0.15) is 17.2 Å². The number of aromatic nitrogens is 2. The van der Waals surface area contributed by atoms with Gasteiger partial charge in [-0.15, -0.1) is 0 Å². The van der Waals surface area contributed by atoms with E-state index in [9.17, 15) is 17.6 Å². The summed E-state index contributed by atoms with van der Waals surface area (Å²) in [4.78, 5) is 18.9. The third-order valence-electron chi connectivity index (χ3n) is 5.32. The van der Waals surface area contributed by atoms with Crippen molar-refractivity contribution in [1.82, 2.24) is 14.7 Å². The maximum atomic E-state index is 14.6. The Hall–Kier alpha value is -2.94. The van der Waals surface area contributed by atoms with Crippen molar-refractivity contribution >= 4 is 27.1 Å².